The molecule has 0 saturated heterocycles. The van der Waals surface area contributed by atoms with E-state index in [1.54, 1.807) is 37.6 Å². The highest BCUT2D eigenvalue weighted by Crippen LogP contribution is 2.24. The van der Waals surface area contributed by atoms with Crippen molar-refractivity contribution in [2.45, 2.75) is 6.92 Å². The lowest BCUT2D eigenvalue weighted by atomic mass is 10.1. The molecule has 3 heterocycles. The van der Waals surface area contributed by atoms with Gasteiger partial charge >= 0.3 is 5.97 Å². The van der Waals surface area contributed by atoms with Gasteiger partial charge in [-0.3, -0.25) is 9.97 Å². The smallest absolute Gasteiger partial charge is 0.340 e. The van der Waals surface area contributed by atoms with Crippen LogP contribution >= 0.6 is 0 Å². The number of carbonyl (C=O) groups excluding carboxylic acids is 1. The summed E-state index contributed by atoms with van der Waals surface area (Å²) in [5.41, 5.74) is 2.32. The molecule has 0 amide bonds. The first kappa shape index (κ1) is 13.2. The van der Waals surface area contributed by atoms with Crippen molar-refractivity contribution in [2.24, 2.45) is 0 Å². The van der Waals surface area contributed by atoms with E-state index in [-0.39, 0.29) is 0 Å². The largest absolute Gasteiger partial charge is 0.462 e. The van der Waals surface area contributed by atoms with Crippen molar-refractivity contribution in [3.05, 3.63) is 54.5 Å². The van der Waals surface area contributed by atoms with Crippen LogP contribution in [0.15, 0.2) is 48.9 Å². The molecule has 0 aromatic carbocycles. The van der Waals surface area contributed by atoms with Crippen LogP contribution in [0.1, 0.15) is 17.3 Å². The quantitative estimate of drug-likeness (QED) is 0.690. The molecule has 3 aromatic rings. The van der Waals surface area contributed by atoms with Crippen LogP contribution in [0.25, 0.3) is 22.3 Å². The Morgan fingerprint density at radius 3 is 2.90 bits per heavy atom. The first-order valence-electron chi connectivity index (χ1n) is 6.63. The minimum Gasteiger partial charge on any atom is -0.462 e. The van der Waals surface area contributed by atoms with Crippen molar-refractivity contribution in [3.8, 4) is 11.4 Å². The lowest BCUT2D eigenvalue weighted by molar-refractivity contribution is 0.0527. The first-order chi connectivity index (χ1) is 10.3. The summed E-state index contributed by atoms with van der Waals surface area (Å²) in [5.74, 6) is -0.406. The number of pyridine rings is 3. The fourth-order valence-electron chi connectivity index (χ4n) is 2.08. The highest BCUT2D eigenvalue weighted by Gasteiger charge is 2.17. The maximum Gasteiger partial charge on any atom is 0.340 e. The maximum absolute atomic E-state index is 12.2. The molecule has 0 aliphatic rings. The van der Waals surface area contributed by atoms with Gasteiger partial charge in [-0.2, -0.15) is 0 Å². The van der Waals surface area contributed by atoms with E-state index in [0.717, 1.165) is 10.9 Å². The van der Waals surface area contributed by atoms with Gasteiger partial charge in [0.15, 0.2) is 0 Å². The maximum atomic E-state index is 12.2. The minimum atomic E-state index is -0.406. The summed E-state index contributed by atoms with van der Waals surface area (Å²) in [6.07, 6.45) is 5.01. The fourth-order valence-corrected chi connectivity index (χ4v) is 2.08. The van der Waals surface area contributed by atoms with E-state index >= 15 is 0 Å². The topological polar surface area (TPSA) is 65.0 Å². The van der Waals surface area contributed by atoms with E-state index in [4.69, 9.17) is 4.74 Å². The van der Waals surface area contributed by atoms with Crippen LogP contribution in [0.3, 0.4) is 0 Å². The van der Waals surface area contributed by atoms with Gasteiger partial charge in [0, 0.05) is 24.0 Å². The zero-order chi connectivity index (χ0) is 14.7. The SMILES string of the molecule is CCOC(=O)c1cc2cnccc2nc1-c1ccccn1. The Bertz CT molecular complexity index is 788. The van der Waals surface area contributed by atoms with Crippen LogP contribution in [-0.4, -0.2) is 27.5 Å². The van der Waals surface area contributed by atoms with Crippen molar-refractivity contribution in [3.63, 3.8) is 0 Å². The Labute approximate surface area is 121 Å². The molecule has 0 spiro atoms. The number of nitrogens with zero attached hydrogens (tertiary/aromatic N) is 3. The molecule has 3 rings (SSSR count). The average Bonchev–Trinajstić information content (AvgIpc) is 2.54. The minimum absolute atomic E-state index is 0.311. The third-order valence-corrected chi connectivity index (χ3v) is 3.02. The van der Waals surface area contributed by atoms with Gasteiger partial charge in [0.05, 0.1) is 23.4 Å². The van der Waals surface area contributed by atoms with Gasteiger partial charge in [-0.05, 0) is 31.2 Å². The Hall–Kier alpha value is -2.82. The summed E-state index contributed by atoms with van der Waals surface area (Å²) in [4.78, 5) is 25.0. The summed E-state index contributed by atoms with van der Waals surface area (Å²) in [7, 11) is 0. The third kappa shape index (κ3) is 2.58. The van der Waals surface area contributed by atoms with E-state index in [1.165, 1.54) is 0 Å². The Morgan fingerprint density at radius 2 is 2.14 bits per heavy atom. The Morgan fingerprint density at radius 1 is 1.24 bits per heavy atom. The summed E-state index contributed by atoms with van der Waals surface area (Å²) in [6.45, 7) is 2.08. The molecule has 5 nitrogen and oxygen atoms in total. The van der Waals surface area contributed by atoms with Gasteiger partial charge in [-0.25, -0.2) is 9.78 Å². The van der Waals surface area contributed by atoms with Crippen LogP contribution in [0.2, 0.25) is 0 Å². The highest BCUT2D eigenvalue weighted by molar-refractivity contribution is 5.99. The number of ether oxygens (including phenoxy) is 1. The molecule has 0 N–H and O–H groups in total. The first-order valence-corrected chi connectivity index (χ1v) is 6.63. The molecule has 0 saturated carbocycles. The van der Waals surface area contributed by atoms with Crippen LogP contribution in [0, 0.1) is 0 Å². The molecule has 21 heavy (non-hydrogen) atoms. The predicted molar refractivity (Wildman–Crippen MR) is 78.7 cm³/mol. The Balaban J connectivity index is 2.24. The molecule has 0 radical (unpaired) electrons. The van der Waals surface area contributed by atoms with Crippen LogP contribution in [0.5, 0.6) is 0 Å². The van der Waals surface area contributed by atoms with Gasteiger partial charge in [-0.15, -0.1) is 0 Å². The van der Waals surface area contributed by atoms with Crippen molar-refractivity contribution in [1.29, 1.82) is 0 Å². The molecule has 0 unspecified atom stereocenters. The van der Waals surface area contributed by atoms with Gasteiger partial charge in [0.1, 0.15) is 5.69 Å². The van der Waals surface area contributed by atoms with Gasteiger partial charge in [0.25, 0.3) is 0 Å². The molecular formula is C16H13N3O2. The van der Waals surface area contributed by atoms with Crippen molar-refractivity contribution < 1.29 is 9.53 Å². The fraction of sp³-hybridized carbons (Fsp3) is 0.125. The predicted octanol–water partition coefficient (Wildman–Crippen LogP) is 2.87. The zero-order valence-corrected chi connectivity index (χ0v) is 11.5. The van der Waals surface area contributed by atoms with Crippen LogP contribution < -0.4 is 0 Å². The molecule has 0 bridgehead atoms. The van der Waals surface area contributed by atoms with Crippen molar-refractivity contribution in [2.75, 3.05) is 6.61 Å². The second-order valence-corrected chi connectivity index (χ2v) is 4.39. The summed E-state index contributed by atoms with van der Waals surface area (Å²) < 4.78 is 5.11. The molecule has 3 aromatic heterocycles. The number of rotatable bonds is 3. The van der Waals surface area contributed by atoms with Gasteiger partial charge < -0.3 is 4.74 Å². The zero-order valence-electron chi connectivity index (χ0n) is 11.5. The van der Waals surface area contributed by atoms with E-state index in [0.29, 0.717) is 23.6 Å². The number of fused-ring (bicyclic) bond motifs is 1. The standard InChI is InChI=1S/C16H13N3O2/c1-2-21-16(20)12-9-11-10-17-8-6-13(11)19-15(12)14-5-3-4-7-18-14/h3-10H,2H2,1H3. The summed E-state index contributed by atoms with van der Waals surface area (Å²) in [6, 6.07) is 9.04. The van der Waals surface area contributed by atoms with E-state index in [2.05, 4.69) is 15.0 Å². The summed E-state index contributed by atoms with van der Waals surface area (Å²) in [5, 5.41) is 0.792. The number of hydrogen-bond donors (Lipinski definition) is 0. The lowest BCUT2D eigenvalue weighted by Gasteiger charge is -2.09. The summed E-state index contributed by atoms with van der Waals surface area (Å²) >= 11 is 0. The van der Waals surface area contributed by atoms with Gasteiger partial charge in [-0.1, -0.05) is 6.07 Å². The highest BCUT2D eigenvalue weighted by atomic mass is 16.5. The number of carbonyl (C=O) groups is 1. The molecule has 0 atom stereocenters. The van der Waals surface area contributed by atoms with Crippen LogP contribution in [0.4, 0.5) is 0 Å². The van der Waals surface area contributed by atoms with E-state index in [9.17, 15) is 4.79 Å². The van der Waals surface area contributed by atoms with E-state index < -0.39 is 5.97 Å². The molecule has 0 aliphatic carbocycles. The number of hydrogen-bond acceptors (Lipinski definition) is 5. The van der Waals surface area contributed by atoms with Crippen LogP contribution in [-0.2, 0) is 4.74 Å². The molecule has 104 valence electrons. The third-order valence-electron chi connectivity index (χ3n) is 3.02. The van der Waals surface area contributed by atoms with Crippen molar-refractivity contribution >= 4 is 16.9 Å². The molecule has 0 fully saturated rings. The second-order valence-electron chi connectivity index (χ2n) is 4.39. The van der Waals surface area contributed by atoms with Crippen molar-refractivity contribution in [1.82, 2.24) is 15.0 Å². The normalized spacial score (nSPS) is 10.5. The van der Waals surface area contributed by atoms with Gasteiger partial charge in [0.2, 0.25) is 0 Å². The molecular weight excluding hydrogens is 266 g/mol. The number of esters is 1. The van der Waals surface area contributed by atoms with E-state index in [1.807, 2.05) is 18.2 Å². The Kier molecular flexibility index (Phi) is 3.55. The average molecular weight is 279 g/mol. The lowest BCUT2D eigenvalue weighted by Crippen LogP contribution is -2.08. The number of aromatic nitrogens is 3. The monoisotopic (exact) mass is 279 g/mol. The molecule has 5 heteroatoms. The second kappa shape index (κ2) is 5.66. The molecule has 0 aliphatic heterocycles.